The zero-order chi connectivity index (χ0) is 19.8. The summed E-state index contributed by atoms with van der Waals surface area (Å²) in [6.45, 7) is 3.41. The van der Waals surface area contributed by atoms with E-state index in [-0.39, 0.29) is 18.6 Å². The molecule has 0 radical (unpaired) electrons. The first-order valence-corrected chi connectivity index (χ1v) is 9.61. The fourth-order valence-corrected chi connectivity index (χ4v) is 3.91. The van der Waals surface area contributed by atoms with Gasteiger partial charge in [-0.25, -0.2) is 9.97 Å². The predicted octanol–water partition coefficient (Wildman–Crippen LogP) is 3.19. The van der Waals surface area contributed by atoms with Gasteiger partial charge in [0.05, 0.1) is 17.0 Å². The number of fused-ring (bicyclic) bond motifs is 1. The molecule has 4 heterocycles. The van der Waals surface area contributed by atoms with Crippen molar-refractivity contribution in [2.75, 3.05) is 19.9 Å². The van der Waals surface area contributed by atoms with Crippen molar-refractivity contribution < 1.29 is 18.8 Å². The molecular weight excluding hydrogens is 372 g/mol. The number of hydrogen-bond donors (Lipinski definition) is 0. The van der Waals surface area contributed by atoms with E-state index in [0.717, 1.165) is 29.8 Å². The smallest absolute Gasteiger partial charge is 0.253 e. The Kier molecular flexibility index (Phi) is 4.38. The Labute approximate surface area is 167 Å². The Morgan fingerprint density at radius 3 is 2.76 bits per heavy atom. The van der Waals surface area contributed by atoms with Gasteiger partial charge in [0.15, 0.2) is 17.3 Å². The number of amides is 1. The lowest BCUT2D eigenvalue weighted by atomic mass is 9.90. The van der Waals surface area contributed by atoms with Crippen molar-refractivity contribution in [3.05, 3.63) is 53.7 Å². The first kappa shape index (κ1) is 17.7. The molecule has 1 saturated heterocycles. The molecular formula is C21H20N4O4. The van der Waals surface area contributed by atoms with E-state index in [9.17, 15) is 4.79 Å². The molecule has 0 aliphatic carbocycles. The summed E-state index contributed by atoms with van der Waals surface area (Å²) in [5.41, 5.74) is 3.26. The Morgan fingerprint density at radius 1 is 1.14 bits per heavy atom. The molecule has 1 fully saturated rings. The molecule has 3 aromatic rings. The summed E-state index contributed by atoms with van der Waals surface area (Å²) in [5.74, 6) is 2.23. The van der Waals surface area contributed by atoms with E-state index in [1.54, 1.807) is 30.7 Å². The molecule has 2 aromatic heterocycles. The SMILES string of the molecule is Cc1cc(-c2cncnc2C2CCN(C(=O)c3ccc4c(c3)OCO4)CC2)on1. The van der Waals surface area contributed by atoms with E-state index in [2.05, 4.69) is 15.1 Å². The number of nitrogens with zero attached hydrogens (tertiary/aromatic N) is 4. The molecule has 0 N–H and O–H groups in total. The van der Waals surface area contributed by atoms with Crippen molar-refractivity contribution in [2.45, 2.75) is 25.7 Å². The van der Waals surface area contributed by atoms with Gasteiger partial charge < -0.3 is 18.9 Å². The van der Waals surface area contributed by atoms with Crippen LogP contribution in [0.25, 0.3) is 11.3 Å². The zero-order valence-electron chi connectivity index (χ0n) is 16.0. The first-order chi connectivity index (χ1) is 14.2. The zero-order valence-corrected chi connectivity index (χ0v) is 16.0. The van der Waals surface area contributed by atoms with Crippen LogP contribution in [0.2, 0.25) is 0 Å². The van der Waals surface area contributed by atoms with Crippen molar-refractivity contribution in [2.24, 2.45) is 0 Å². The predicted molar refractivity (Wildman–Crippen MR) is 103 cm³/mol. The van der Waals surface area contributed by atoms with E-state index >= 15 is 0 Å². The highest BCUT2D eigenvalue weighted by Crippen LogP contribution is 2.35. The summed E-state index contributed by atoms with van der Waals surface area (Å²) in [6, 6.07) is 7.22. The van der Waals surface area contributed by atoms with Crippen LogP contribution in [0.15, 0.2) is 41.3 Å². The quantitative estimate of drug-likeness (QED) is 0.676. The number of piperidine rings is 1. The number of aromatic nitrogens is 3. The third kappa shape index (κ3) is 3.30. The van der Waals surface area contributed by atoms with Crippen LogP contribution in [-0.2, 0) is 0 Å². The highest BCUT2D eigenvalue weighted by Gasteiger charge is 2.28. The number of benzene rings is 1. The molecule has 0 unspecified atom stereocenters. The second-order valence-electron chi connectivity index (χ2n) is 7.29. The van der Waals surface area contributed by atoms with Gasteiger partial charge in [0.2, 0.25) is 6.79 Å². The minimum Gasteiger partial charge on any atom is -0.454 e. The number of carbonyl (C=O) groups excluding carboxylic acids is 1. The molecule has 2 aliphatic rings. The average Bonchev–Trinajstić information content (AvgIpc) is 3.41. The second-order valence-corrected chi connectivity index (χ2v) is 7.29. The van der Waals surface area contributed by atoms with Gasteiger partial charge in [-0.3, -0.25) is 4.79 Å². The molecule has 0 bridgehead atoms. The Balaban J connectivity index is 1.30. The van der Waals surface area contributed by atoms with Gasteiger partial charge in [0.1, 0.15) is 6.33 Å². The van der Waals surface area contributed by atoms with Crippen molar-refractivity contribution in [1.29, 1.82) is 0 Å². The summed E-state index contributed by atoms with van der Waals surface area (Å²) < 4.78 is 16.1. The van der Waals surface area contributed by atoms with Gasteiger partial charge in [0, 0.05) is 36.8 Å². The standard InChI is InChI=1S/C21H20N4O4/c1-13-8-18(29-24-13)16-10-22-11-23-20(16)14-4-6-25(7-5-14)21(26)15-2-3-17-19(9-15)28-12-27-17/h2-3,8-11,14H,4-7,12H2,1H3. The molecule has 0 saturated carbocycles. The fourth-order valence-electron chi connectivity index (χ4n) is 3.91. The molecule has 8 heteroatoms. The van der Waals surface area contributed by atoms with Crippen LogP contribution >= 0.6 is 0 Å². The summed E-state index contributed by atoms with van der Waals surface area (Å²) in [6.07, 6.45) is 4.99. The highest BCUT2D eigenvalue weighted by atomic mass is 16.7. The van der Waals surface area contributed by atoms with Crippen LogP contribution in [0.4, 0.5) is 0 Å². The molecule has 5 rings (SSSR count). The van der Waals surface area contributed by atoms with Crippen molar-refractivity contribution in [1.82, 2.24) is 20.0 Å². The van der Waals surface area contributed by atoms with E-state index in [4.69, 9.17) is 14.0 Å². The van der Waals surface area contributed by atoms with Crippen molar-refractivity contribution in [3.8, 4) is 22.8 Å². The lowest BCUT2D eigenvalue weighted by Crippen LogP contribution is -2.38. The molecule has 2 aliphatic heterocycles. The average molecular weight is 392 g/mol. The van der Waals surface area contributed by atoms with Crippen LogP contribution in [-0.4, -0.2) is 45.8 Å². The lowest BCUT2D eigenvalue weighted by molar-refractivity contribution is 0.0711. The summed E-state index contributed by atoms with van der Waals surface area (Å²) in [7, 11) is 0. The molecule has 1 amide bonds. The van der Waals surface area contributed by atoms with Gasteiger partial charge in [-0.2, -0.15) is 0 Å². The minimum absolute atomic E-state index is 0.00974. The molecule has 8 nitrogen and oxygen atoms in total. The van der Waals surface area contributed by atoms with E-state index in [1.165, 1.54) is 0 Å². The van der Waals surface area contributed by atoms with Gasteiger partial charge in [-0.05, 0) is 38.0 Å². The Hall–Kier alpha value is -3.42. The Morgan fingerprint density at radius 2 is 1.97 bits per heavy atom. The molecule has 29 heavy (non-hydrogen) atoms. The summed E-state index contributed by atoms with van der Waals surface area (Å²) in [5, 5.41) is 3.97. The normalized spacial score (nSPS) is 16.2. The minimum atomic E-state index is 0.00974. The number of ether oxygens (including phenoxy) is 2. The van der Waals surface area contributed by atoms with Crippen molar-refractivity contribution in [3.63, 3.8) is 0 Å². The molecule has 1 aromatic carbocycles. The van der Waals surface area contributed by atoms with Crippen LogP contribution in [0.5, 0.6) is 11.5 Å². The van der Waals surface area contributed by atoms with E-state index in [0.29, 0.717) is 35.9 Å². The lowest BCUT2D eigenvalue weighted by Gasteiger charge is -2.32. The summed E-state index contributed by atoms with van der Waals surface area (Å²) >= 11 is 0. The summed E-state index contributed by atoms with van der Waals surface area (Å²) in [4.78, 5) is 23.5. The molecule has 148 valence electrons. The van der Waals surface area contributed by atoms with Gasteiger partial charge in [-0.1, -0.05) is 5.16 Å². The number of aryl methyl sites for hydroxylation is 1. The fraction of sp³-hybridized carbons (Fsp3) is 0.333. The monoisotopic (exact) mass is 392 g/mol. The largest absolute Gasteiger partial charge is 0.454 e. The van der Waals surface area contributed by atoms with Gasteiger partial charge in [-0.15, -0.1) is 0 Å². The van der Waals surface area contributed by atoms with Gasteiger partial charge in [0.25, 0.3) is 5.91 Å². The van der Waals surface area contributed by atoms with Crippen LogP contribution in [0.3, 0.4) is 0 Å². The topological polar surface area (TPSA) is 90.6 Å². The van der Waals surface area contributed by atoms with Crippen LogP contribution in [0, 0.1) is 6.92 Å². The first-order valence-electron chi connectivity index (χ1n) is 9.61. The maximum atomic E-state index is 12.9. The maximum absolute atomic E-state index is 12.9. The third-order valence-electron chi connectivity index (χ3n) is 5.42. The number of likely N-dealkylation sites (tertiary alicyclic amines) is 1. The van der Waals surface area contributed by atoms with Crippen molar-refractivity contribution >= 4 is 5.91 Å². The number of carbonyl (C=O) groups is 1. The third-order valence-corrected chi connectivity index (χ3v) is 5.42. The highest BCUT2D eigenvalue weighted by molar-refractivity contribution is 5.95. The molecule has 0 spiro atoms. The van der Waals surface area contributed by atoms with Gasteiger partial charge >= 0.3 is 0 Å². The van der Waals surface area contributed by atoms with Crippen LogP contribution < -0.4 is 9.47 Å². The van der Waals surface area contributed by atoms with E-state index < -0.39 is 0 Å². The number of hydrogen-bond acceptors (Lipinski definition) is 7. The molecule has 0 atom stereocenters. The van der Waals surface area contributed by atoms with E-state index in [1.807, 2.05) is 17.9 Å². The second kappa shape index (κ2) is 7.20. The Bertz CT molecular complexity index is 1060. The number of rotatable bonds is 3. The maximum Gasteiger partial charge on any atom is 0.253 e. The van der Waals surface area contributed by atoms with Crippen LogP contribution in [0.1, 0.15) is 40.5 Å².